The van der Waals surface area contributed by atoms with Crippen LogP contribution >= 0.6 is 0 Å². The van der Waals surface area contributed by atoms with Gasteiger partial charge in [-0.05, 0) is 20.8 Å². The summed E-state index contributed by atoms with van der Waals surface area (Å²) in [6.07, 6.45) is -4.58. The predicted octanol–water partition coefficient (Wildman–Crippen LogP) is 1.96. The van der Waals surface area contributed by atoms with E-state index < -0.39 is 17.5 Å². The molecule has 1 aromatic rings. The van der Waals surface area contributed by atoms with Crippen molar-refractivity contribution in [1.82, 2.24) is 9.97 Å². The predicted molar refractivity (Wildman–Crippen MR) is 55.2 cm³/mol. The van der Waals surface area contributed by atoms with Gasteiger partial charge in [0.05, 0.1) is 0 Å². The highest BCUT2D eigenvalue weighted by molar-refractivity contribution is 5.30. The minimum absolute atomic E-state index is 0.187. The number of rotatable bonds is 2. The highest BCUT2D eigenvalue weighted by Gasteiger charge is 2.34. The lowest BCUT2D eigenvalue weighted by atomic mass is 10.2. The molecule has 1 heterocycles. The normalized spacial score (nSPS) is 12.4. The van der Waals surface area contributed by atoms with Gasteiger partial charge in [0.25, 0.3) is 0 Å². The van der Waals surface area contributed by atoms with Crippen molar-refractivity contribution >= 4 is 5.95 Å². The van der Waals surface area contributed by atoms with E-state index in [9.17, 15) is 13.2 Å². The number of aromatic nitrogens is 2. The van der Waals surface area contributed by atoms with Gasteiger partial charge in [-0.1, -0.05) is 0 Å². The first-order valence-electron chi connectivity index (χ1n) is 4.74. The molecule has 0 aliphatic rings. The number of alkyl halides is 3. The zero-order valence-electron chi connectivity index (χ0n) is 9.59. The van der Waals surface area contributed by atoms with Gasteiger partial charge in [-0.3, -0.25) is 5.43 Å². The van der Waals surface area contributed by atoms with Crippen molar-refractivity contribution in [2.45, 2.75) is 32.5 Å². The van der Waals surface area contributed by atoms with Crippen LogP contribution in [0.1, 0.15) is 26.5 Å². The summed E-state index contributed by atoms with van der Waals surface area (Å²) in [4.78, 5) is 6.88. The van der Waals surface area contributed by atoms with E-state index in [1.165, 1.54) is 0 Å². The molecule has 0 atom stereocenters. The quantitative estimate of drug-likeness (QED) is 0.620. The molecule has 5 nitrogen and oxygen atoms in total. The Hall–Kier alpha value is -1.57. The van der Waals surface area contributed by atoms with E-state index in [4.69, 9.17) is 10.6 Å². The summed E-state index contributed by atoms with van der Waals surface area (Å²) in [5.41, 5.74) is 0.188. The average Bonchev–Trinajstić information content (AvgIpc) is 2.13. The topological polar surface area (TPSA) is 73.1 Å². The van der Waals surface area contributed by atoms with Crippen LogP contribution in [0.3, 0.4) is 0 Å². The second kappa shape index (κ2) is 4.36. The van der Waals surface area contributed by atoms with Gasteiger partial charge >= 0.3 is 6.18 Å². The summed E-state index contributed by atoms with van der Waals surface area (Å²) in [5.74, 6) is 4.46. The van der Waals surface area contributed by atoms with Crippen LogP contribution in [-0.4, -0.2) is 15.6 Å². The lowest BCUT2D eigenvalue weighted by Crippen LogP contribution is -2.25. The van der Waals surface area contributed by atoms with Crippen LogP contribution < -0.4 is 16.0 Å². The molecule has 0 spiro atoms. The number of hydrazine groups is 1. The lowest BCUT2D eigenvalue weighted by molar-refractivity contribution is -0.141. The first-order chi connectivity index (χ1) is 7.62. The average molecular weight is 250 g/mol. The fraction of sp³-hybridized carbons (Fsp3) is 0.556. The fourth-order valence-electron chi connectivity index (χ4n) is 1.00. The Kier molecular flexibility index (Phi) is 3.46. The number of nitrogen functional groups attached to an aromatic ring is 1. The van der Waals surface area contributed by atoms with E-state index in [0.29, 0.717) is 0 Å². The summed E-state index contributed by atoms with van der Waals surface area (Å²) < 4.78 is 42.7. The van der Waals surface area contributed by atoms with Crippen LogP contribution in [0, 0.1) is 0 Å². The van der Waals surface area contributed by atoms with E-state index in [0.717, 1.165) is 6.07 Å². The van der Waals surface area contributed by atoms with Crippen LogP contribution in [0.25, 0.3) is 0 Å². The minimum Gasteiger partial charge on any atom is -0.472 e. The summed E-state index contributed by atoms with van der Waals surface area (Å²) in [6.45, 7) is 5.08. The van der Waals surface area contributed by atoms with Gasteiger partial charge in [-0.2, -0.15) is 18.2 Å². The first-order valence-corrected chi connectivity index (χ1v) is 4.74. The molecule has 8 heteroatoms. The molecular formula is C9H13F3N4O. The van der Waals surface area contributed by atoms with E-state index >= 15 is 0 Å². The number of hydrogen-bond acceptors (Lipinski definition) is 5. The van der Waals surface area contributed by atoms with Crippen molar-refractivity contribution in [3.05, 3.63) is 11.8 Å². The molecule has 0 aliphatic carbocycles. The zero-order chi connectivity index (χ0) is 13.3. The Labute approximate surface area is 96.2 Å². The molecule has 0 saturated heterocycles. The number of nitrogens with zero attached hydrogens (tertiary/aromatic N) is 2. The van der Waals surface area contributed by atoms with Crippen molar-refractivity contribution in [2.75, 3.05) is 5.43 Å². The Morgan fingerprint density at radius 2 is 1.82 bits per heavy atom. The lowest BCUT2D eigenvalue weighted by Gasteiger charge is -2.21. The van der Waals surface area contributed by atoms with Crippen molar-refractivity contribution < 1.29 is 17.9 Å². The molecule has 0 saturated carbocycles. The van der Waals surface area contributed by atoms with E-state index in [1.54, 1.807) is 20.8 Å². The highest BCUT2D eigenvalue weighted by Crippen LogP contribution is 2.30. The van der Waals surface area contributed by atoms with Crippen molar-refractivity contribution in [3.8, 4) is 5.88 Å². The first kappa shape index (κ1) is 13.5. The molecule has 3 N–H and O–H groups in total. The number of nitrogens with two attached hydrogens (primary N) is 1. The van der Waals surface area contributed by atoms with Crippen LogP contribution in [0.5, 0.6) is 5.88 Å². The second-order valence-electron chi connectivity index (χ2n) is 4.27. The van der Waals surface area contributed by atoms with Crippen LogP contribution in [0.4, 0.5) is 19.1 Å². The molecular weight excluding hydrogens is 237 g/mol. The maximum absolute atomic E-state index is 12.5. The van der Waals surface area contributed by atoms with Crippen LogP contribution in [-0.2, 0) is 6.18 Å². The maximum atomic E-state index is 12.5. The van der Waals surface area contributed by atoms with Gasteiger partial charge in [0.2, 0.25) is 11.8 Å². The Bertz CT molecular complexity index is 400. The fourth-order valence-corrected chi connectivity index (χ4v) is 1.00. The molecule has 1 aromatic heterocycles. The Morgan fingerprint density at radius 1 is 1.24 bits per heavy atom. The van der Waals surface area contributed by atoms with Crippen LogP contribution in [0.2, 0.25) is 0 Å². The monoisotopic (exact) mass is 250 g/mol. The molecule has 0 unspecified atom stereocenters. The molecule has 96 valence electrons. The van der Waals surface area contributed by atoms with Crippen molar-refractivity contribution in [1.29, 1.82) is 0 Å². The summed E-state index contributed by atoms with van der Waals surface area (Å²) in [5, 5.41) is 0. The van der Waals surface area contributed by atoms with E-state index in [2.05, 4.69) is 9.97 Å². The van der Waals surface area contributed by atoms with Gasteiger partial charge in [0.1, 0.15) is 5.60 Å². The molecule has 17 heavy (non-hydrogen) atoms. The van der Waals surface area contributed by atoms with Gasteiger partial charge in [0, 0.05) is 6.07 Å². The number of nitrogens with one attached hydrogen (secondary N) is 1. The number of halogens is 3. The molecule has 0 bridgehead atoms. The third-order valence-corrected chi connectivity index (χ3v) is 1.53. The third-order valence-electron chi connectivity index (χ3n) is 1.53. The van der Waals surface area contributed by atoms with Crippen molar-refractivity contribution in [3.63, 3.8) is 0 Å². The second-order valence-corrected chi connectivity index (χ2v) is 4.27. The maximum Gasteiger partial charge on any atom is 0.433 e. The Balaban J connectivity index is 3.15. The Morgan fingerprint density at radius 3 is 2.24 bits per heavy atom. The smallest absolute Gasteiger partial charge is 0.433 e. The summed E-state index contributed by atoms with van der Waals surface area (Å²) >= 11 is 0. The summed E-state index contributed by atoms with van der Waals surface area (Å²) in [6, 6.07) is 0.728. The molecule has 0 aromatic carbocycles. The zero-order valence-corrected chi connectivity index (χ0v) is 9.59. The van der Waals surface area contributed by atoms with E-state index in [-0.39, 0.29) is 11.8 Å². The molecule has 0 amide bonds. The van der Waals surface area contributed by atoms with Gasteiger partial charge < -0.3 is 4.74 Å². The number of hydrogen-bond donors (Lipinski definition) is 2. The van der Waals surface area contributed by atoms with Gasteiger partial charge in [-0.25, -0.2) is 10.8 Å². The number of ether oxygens (including phenoxy) is 1. The molecule has 0 aliphatic heterocycles. The standard InChI is InChI=1S/C9H13F3N4O/c1-8(2,3)17-6-4-5(9(10,11)12)14-7(15-6)16-13/h4H,13H2,1-3H3,(H,14,15,16). The number of anilines is 1. The third kappa shape index (κ3) is 4.06. The molecule has 0 radical (unpaired) electrons. The molecule has 1 rings (SSSR count). The minimum atomic E-state index is -4.58. The van der Waals surface area contributed by atoms with Crippen molar-refractivity contribution in [2.24, 2.45) is 5.84 Å². The van der Waals surface area contributed by atoms with Gasteiger partial charge in [0.15, 0.2) is 5.69 Å². The largest absolute Gasteiger partial charge is 0.472 e. The summed E-state index contributed by atoms with van der Waals surface area (Å²) in [7, 11) is 0. The van der Waals surface area contributed by atoms with E-state index in [1.807, 2.05) is 5.43 Å². The SMILES string of the molecule is CC(C)(C)Oc1cc(C(F)(F)F)nc(NN)n1. The van der Waals surface area contributed by atoms with Crippen LogP contribution in [0.15, 0.2) is 6.07 Å². The van der Waals surface area contributed by atoms with Gasteiger partial charge in [-0.15, -0.1) is 0 Å². The molecule has 0 fully saturated rings. The highest BCUT2D eigenvalue weighted by atomic mass is 19.4.